The first kappa shape index (κ1) is 32.4. The fraction of sp³-hybridized carbons (Fsp3) is 0.406. The van der Waals surface area contributed by atoms with E-state index in [0.717, 1.165) is 60.0 Å². The number of hydrogen-bond donors (Lipinski definition) is 2. The Bertz CT molecular complexity index is 1390. The van der Waals surface area contributed by atoms with E-state index in [0.29, 0.717) is 35.9 Å². The number of aliphatic carboxylic acids is 1. The molecular weight excluding hydrogens is 561 g/mol. The minimum Gasteiger partial charge on any atom is -0.492 e. The summed E-state index contributed by atoms with van der Waals surface area (Å²) in [5.41, 5.74) is 4.31. The molecule has 0 aliphatic heterocycles. The highest BCUT2D eigenvalue weighted by Gasteiger charge is 2.41. The molecule has 41 heavy (non-hydrogen) atoms. The van der Waals surface area contributed by atoms with Crippen LogP contribution in [0.15, 0.2) is 48.5 Å². The van der Waals surface area contributed by atoms with Crippen LogP contribution in [0.4, 0.5) is 0 Å². The van der Waals surface area contributed by atoms with Gasteiger partial charge in [0.2, 0.25) is 0 Å². The summed E-state index contributed by atoms with van der Waals surface area (Å²) in [7, 11) is 4.04. The van der Waals surface area contributed by atoms with Crippen LogP contribution in [0.2, 0.25) is 5.02 Å². The Morgan fingerprint density at radius 2 is 1.76 bits per heavy atom. The quantitative estimate of drug-likeness (QED) is 0.245. The van der Waals surface area contributed by atoms with Crippen LogP contribution in [0.3, 0.4) is 0 Å². The van der Waals surface area contributed by atoms with Gasteiger partial charge in [0.05, 0.1) is 17.3 Å². The van der Waals surface area contributed by atoms with Crippen molar-refractivity contribution >= 4 is 35.9 Å². The average molecular weight is 601 g/mol. The molecule has 1 amide bonds. The molecule has 1 aliphatic carbocycles. The van der Waals surface area contributed by atoms with Gasteiger partial charge in [-0.3, -0.25) is 4.79 Å². The number of benzene rings is 2. The summed E-state index contributed by atoms with van der Waals surface area (Å²) in [6.07, 6.45) is 4.16. The smallest absolute Gasteiger partial charge is 0.329 e. The Hall–Kier alpha value is -3.13. The van der Waals surface area contributed by atoms with E-state index in [2.05, 4.69) is 28.4 Å². The van der Waals surface area contributed by atoms with Gasteiger partial charge in [-0.2, -0.15) is 0 Å². The number of amides is 1. The number of carboxylic acid groups (broad SMARTS) is 1. The Balaban J connectivity index is 0.00000462. The number of rotatable bonds is 10. The number of pyridine rings is 1. The first-order chi connectivity index (χ1) is 19.1. The second-order valence-electron chi connectivity index (χ2n) is 11.0. The Morgan fingerprint density at radius 1 is 1.02 bits per heavy atom. The van der Waals surface area contributed by atoms with Crippen molar-refractivity contribution < 1.29 is 19.4 Å². The molecule has 1 heterocycles. The third-order valence-corrected chi connectivity index (χ3v) is 7.80. The van der Waals surface area contributed by atoms with Gasteiger partial charge in [0.15, 0.2) is 0 Å². The molecule has 0 atom stereocenters. The van der Waals surface area contributed by atoms with E-state index in [1.54, 1.807) is 12.1 Å². The highest BCUT2D eigenvalue weighted by Crippen LogP contribution is 2.37. The van der Waals surface area contributed by atoms with Gasteiger partial charge in [-0.1, -0.05) is 60.7 Å². The van der Waals surface area contributed by atoms with Crippen molar-refractivity contribution in [3.8, 4) is 28.1 Å². The van der Waals surface area contributed by atoms with E-state index in [4.69, 9.17) is 21.3 Å². The van der Waals surface area contributed by atoms with Gasteiger partial charge in [0.1, 0.15) is 17.0 Å². The second kappa shape index (κ2) is 14.2. The van der Waals surface area contributed by atoms with E-state index in [9.17, 15) is 14.7 Å². The Labute approximate surface area is 253 Å². The molecule has 3 aromatic rings. The van der Waals surface area contributed by atoms with Crippen LogP contribution < -0.4 is 10.1 Å². The van der Waals surface area contributed by atoms with Crippen LogP contribution in [-0.2, 0) is 4.79 Å². The van der Waals surface area contributed by atoms with Gasteiger partial charge < -0.3 is 20.1 Å². The summed E-state index contributed by atoms with van der Waals surface area (Å²) in [6.45, 7) is 5.48. The molecule has 220 valence electrons. The van der Waals surface area contributed by atoms with Crippen LogP contribution in [0.5, 0.6) is 5.75 Å². The Morgan fingerprint density at radius 3 is 2.44 bits per heavy atom. The van der Waals surface area contributed by atoms with Crippen LogP contribution in [0.1, 0.15) is 60.1 Å². The maximum atomic E-state index is 13.4. The van der Waals surface area contributed by atoms with E-state index in [1.807, 2.05) is 46.1 Å². The number of halogens is 2. The van der Waals surface area contributed by atoms with E-state index < -0.39 is 17.4 Å². The van der Waals surface area contributed by atoms with Gasteiger partial charge in [-0.25, -0.2) is 9.78 Å². The summed E-state index contributed by atoms with van der Waals surface area (Å²) in [5.74, 6) is -0.942. The van der Waals surface area contributed by atoms with Gasteiger partial charge in [-0.15, -0.1) is 12.4 Å². The van der Waals surface area contributed by atoms with E-state index >= 15 is 0 Å². The molecule has 0 bridgehead atoms. The van der Waals surface area contributed by atoms with Crippen LogP contribution in [0.25, 0.3) is 22.4 Å². The highest BCUT2D eigenvalue weighted by molar-refractivity contribution is 6.32. The van der Waals surface area contributed by atoms with Crippen molar-refractivity contribution in [2.24, 2.45) is 0 Å². The lowest BCUT2D eigenvalue weighted by Crippen LogP contribution is -2.55. The number of carboxylic acids is 1. The van der Waals surface area contributed by atoms with E-state index in [-0.39, 0.29) is 18.1 Å². The number of hydrogen-bond acceptors (Lipinski definition) is 5. The van der Waals surface area contributed by atoms with Crippen molar-refractivity contribution in [3.05, 3.63) is 70.4 Å². The normalized spacial score (nSPS) is 14.3. The molecule has 7 nitrogen and oxygen atoms in total. The summed E-state index contributed by atoms with van der Waals surface area (Å²) in [6, 6.07) is 15.3. The SMILES string of the molecule is Cc1ccc(C)c(-c2ccc(C(=O)NC3(C(=O)O)CCCCC3)nc2-c2ccc(Cl)c(OCCCN(C)C)c2)c1.Cl. The molecule has 4 rings (SSSR count). The van der Waals surface area contributed by atoms with Crippen molar-refractivity contribution in [3.63, 3.8) is 0 Å². The topological polar surface area (TPSA) is 91.8 Å². The lowest BCUT2D eigenvalue weighted by molar-refractivity contribution is -0.145. The lowest BCUT2D eigenvalue weighted by atomic mass is 9.81. The van der Waals surface area contributed by atoms with Crippen LogP contribution in [0, 0.1) is 13.8 Å². The molecule has 2 aromatic carbocycles. The van der Waals surface area contributed by atoms with Gasteiger partial charge >= 0.3 is 5.97 Å². The molecule has 9 heteroatoms. The highest BCUT2D eigenvalue weighted by atomic mass is 35.5. The number of aromatic nitrogens is 1. The average Bonchev–Trinajstić information content (AvgIpc) is 2.93. The van der Waals surface area contributed by atoms with Crippen molar-refractivity contribution in [1.29, 1.82) is 0 Å². The number of carbonyl (C=O) groups excluding carboxylic acids is 1. The summed E-state index contributed by atoms with van der Waals surface area (Å²) in [5, 5.41) is 13.3. The molecule has 1 aromatic heterocycles. The number of ether oxygens (including phenoxy) is 1. The maximum Gasteiger partial charge on any atom is 0.329 e. The molecule has 0 unspecified atom stereocenters. The zero-order chi connectivity index (χ0) is 28.9. The minimum atomic E-state index is -1.27. The molecule has 0 saturated heterocycles. The van der Waals surface area contributed by atoms with E-state index in [1.165, 1.54) is 0 Å². The molecule has 1 fully saturated rings. The number of nitrogens with zero attached hydrogens (tertiary/aromatic N) is 2. The van der Waals surface area contributed by atoms with Crippen molar-refractivity contribution in [1.82, 2.24) is 15.2 Å². The fourth-order valence-electron chi connectivity index (χ4n) is 5.20. The number of aryl methyl sites for hydroxylation is 2. The Kier molecular flexibility index (Phi) is 11.2. The monoisotopic (exact) mass is 599 g/mol. The largest absolute Gasteiger partial charge is 0.492 e. The zero-order valence-electron chi connectivity index (χ0n) is 24.1. The predicted molar refractivity (Wildman–Crippen MR) is 166 cm³/mol. The maximum absolute atomic E-state index is 13.4. The second-order valence-corrected chi connectivity index (χ2v) is 11.4. The van der Waals surface area contributed by atoms with Crippen molar-refractivity contribution in [2.45, 2.75) is 57.9 Å². The van der Waals surface area contributed by atoms with Crippen LogP contribution in [-0.4, -0.2) is 59.7 Å². The standard InChI is InChI=1S/C32H38ClN3O4.ClH/c1-21-9-10-22(2)25(19-21)24-12-14-27(30(37)35-32(31(38)39)15-6-5-7-16-32)34-29(24)23-11-13-26(33)28(20-23)40-18-8-17-36(3)4;/h9-14,19-20H,5-8,15-18H2,1-4H3,(H,35,37)(H,38,39);1H. The lowest BCUT2D eigenvalue weighted by Gasteiger charge is -2.33. The summed E-state index contributed by atoms with van der Waals surface area (Å²) < 4.78 is 6.02. The first-order valence-electron chi connectivity index (χ1n) is 13.8. The van der Waals surface area contributed by atoms with Crippen LogP contribution >= 0.6 is 24.0 Å². The molecule has 0 radical (unpaired) electrons. The molecule has 1 saturated carbocycles. The number of nitrogens with one attached hydrogen (secondary N) is 1. The molecule has 2 N–H and O–H groups in total. The number of carbonyl (C=O) groups is 2. The molecule has 1 aliphatic rings. The van der Waals surface area contributed by atoms with Gasteiger partial charge in [0, 0.05) is 17.7 Å². The predicted octanol–water partition coefficient (Wildman–Crippen LogP) is 6.96. The first-order valence-corrected chi connectivity index (χ1v) is 14.2. The third-order valence-electron chi connectivity index (χ3n) is 7.49. The summed E-state index contributed by atoms with van der Waals surface area (Å²) >= 11 is 6.49. The third kappa shape index (κ3) is 7.79. The van der Waals surface area contributed by atoms with Crippen molar-refractivity contribution in [2.75, 3.05) is 27.2 Å². The van der Waals surface area contributed by atoms with Gasteiger partial charge in [-0.05, 0) is 82.6 Å². The van der Waals surface area contributed by atoms with Gasteiger partial charge in [0.25, 0.3) is 5.91 Å². The molecule has 0 spiro atoms. The fourth-order valence-corrected chi connectivity index (χ4v) is 5.37. The summed E-state index contributed by atoms with van der Waals surface area (Å²) in [4.78, 5) is 32.6. The zero-order valence-corrected chi connectivity index (χ0v) is 25.7. The minimum absolute atomic E-state index is 0. The molecular formula is C32H39Cl2N3O4.